The lowest BCUT2D eigenvalue weighted by Gasteiger charge is -2.11. The molecule has 0 amide bonds. The molecular weight excluding hydrogens is 218 g/mol. The van der Waals surface area contributed by atoms with Gasteiger partial charge in [-0.3, -0.25) is 0 Å². The topological polar surface area (TPSA) is 69.6 Å². The van der Waals surface area contributed by atoms with Gasteiger partial charge < -0.3 is 15.5 Å². The van der Waals surface area contributed by atoms with E-state index < -0.39 is 12.1 Å². The van der Waals surface area contributed by atoms with Crippen LogP contribution in [0.15, 0.2) is 18.2 Å². The number of hydrogen-bond acceptors (Lipinski definition) is 3. The Bertz CT molecular complexity index is 368. The van der Waals surface area contributed by atoms with Gasteiger partial charge in [-0.05, 0) is 18.6 Å². The van der Waals surface area contributed by atoms with Crippen molar-refractivity contribution in [1.82, 2.24) is 0 Å². The Morgan fingerprint density at radius 1 is 1.60 bits per heavy atom. The van der Waals surface area contributed by atoms with Crippen molar-refractivity contribution in [2.45, 2.75) is 13.0 Å². The average molecular weight is 230 g/mol. The van der Waals surface area contributed by atoms with Crippen molar-refractivity contribution in [1.29, 1.82) is 0 Å². The van der Waals surface area contributed by atoms with Gasteiger partial charge in [0.1, 0.15) is 0 Å². The Kier molecular flexibility index (Phi) is 3.94. The zero-order valence-electron chi connectivity index (χ0n) is 8.20. The van der Waals surface area contributed by atoms with Crippen LogP contribution in [0.4, 0.5) is 5.69 Å². The minimum absolute atomic E-state index is 0.0709. The molecule has 1 atom stereocenters. The number of carboxylic acid groups (broad SMARTS) is 1. The molecule has 0 spiro atoms. The van der Waals surface area contributed by atoms with Crippen LogP contribution in [0.2, 0.25) is 5.02 Å². The van der Waals surface area contributed by atoms with E-state index in [0.717, 1.165) is 5.56 Å². The molecule has 0 aliphatic heterocycles. The highest BCUT2D eigenvalue weighted by molar-refractivity contribution is 6.34. The molecule has 1 aromatic carbocycles. The Labute approximate surface area is 92.5 Å². The van der Waals surface area contributed by atoms with E-state index in [9.17, 15) is 4.79 Å². The van der Waals surface area contributed by atoms with Crippen LogP contribution in [0.3, 0.4) is 0 Å². The number of hydrogen-bond donors (Lipinski definition) is 3. The third kappa shape index (κ3) is 3.11. The highest BCUT2D eigenvalue weighted by Crippen LogP contribution is 2.24. The summed E-state index contributed by atoms with van der Waals surface area (Å²) in [5, 5.41) is 20.8. The van der Waals surface area contributed by atoms with Gasteiger partial charge in [0.15, 0.2) is 6.10 Å². The zero-order chi connectivity index (χ0) is 11.4. The second kappa shape index (κ2) is 5.00. The summed E-state index contributed by atoms with van der Waals surface area (Å²) in [5.41, 5.74) is 1.52. The van der Waals surface area contributed by atoms with Crippen LogP contribution in [0.25, 0.3) is 0 Å². The van der Waals surface area contributed by atoms with E-state index in [-0.39, 0.29) is 6.54 Å². The van der Waals surface area contributed by atoms with Crippen molar-refractivity contribution in [3.05, 3.63) is 28.8 Å². The monoisotopic (exact) mass is 229 g/mol. The standard InChI is InChI=1S/C10H12ClNO3/c1-6-3-2-4-7(9(6)11)12-5-8(13)10(14)15/h2-4,8,12-13H,5H2,1H3,(H,14,15). The Balaban J connectivity index is 2.66. The van der Waals surface area contributed by atoms with E-state index in [4.69, 9.17) is 21.8 Å². The number of carbonyl (C=O) groups is 1. The lowest BCUT2D eigenvalue weighted by atomic mass is 10.2. The number of aryl methyl sites for hydroxylation is 1. The van der Waals surface area contributed by atoms with Crippen molar-refractivity contribution in [3.8, 4) is 0 Å². The number of anilines is 1. The zero-order valence-corrected chi connectivity index (χ0v) is 8.95. The molecular formula is C10H12ClNO3. The third-order valence-electron chi connectivity index (χ3n) is 1.96. The summed E-state index contributed by atoms with van der Waals surface area (Å²) >= 11 is 5.96. The van der Waals surface area contributed by atoms with E-state index in [0.29, 0.717) is 10.7 Å². The molecule has 0 aliphatic carbocycles. The van der Waals surface area contributed by atoms with Crippen molar-refractivity contribution in [2.75, 3.05) is 11.9 Å². The van der Waals surface area contributed by atoms with Crippen LogP contribution in [-0.2, 0) is 4.79 Å². The molecule has 82 valence electrons. The molecule has 15 heavy (non-hydrogen) atoms. The van der Waals surface area contributed by atoms with Crippen molar-refractivity contribution >= 4 is 23.3 Å². The fourth-order valence-corrected chi connectivity index (χ4v) is 1.27. The Morgan fingerprint density at radius 2 is 2.27 bits per heavy atom. The van der Waals surface area contributed by atoms with Crippen molar-refractivity contribution in [2.24, 2.45) is 0 Å². The minimum Gasteiger partial charge on any atom is -0.479 e. The van der Waals surface area contributed by atoms with E-state index in [2.05, 4.69) is 5.32 Å². The number of benzene rings is 1. The quantitative estimate of drug-likeness (QED) is 0.732. The lowest BCUT2D eigenvalue weighted by Crippen LogP contribution is -2.28. The second-order valence-electron chi connectivity index (χ2n) is 3.17. The van der Waals surface area contributed by atoms with Crippen molar-refractivity contribution < 1.29 is 15.0 Å². The summed E-state index contributed by atoms with van der Waals surface area (Å²) in [6.07, 6.45) is -1.43. The molecule has 1 aromatic rings. The molecule has 0 heterocycles. The summed E-state index contributed by atoms with van der Waals surface area (Å²) in [4.78, 5) is 10.3. The van der Waals surface area contributed by atoms with Crippen molar-refractivity contribution in [3.63, 3.8) is 0 Å². The lowest BCUT2D eigenvalue weighted by molar-refractivity contribution is -0.145. The second-order valence-corrected chi connectivity index (χ2v) is 3.55. The van der Waals surface area contributed by atoms with Gasteiger partial charge in [0.25, 0.3) is 0 Å². The van der Waals surface area contributed by atoms with E-state index in [1.54, 1.807) is 12.1 Å². The number of nitrogens with one attached hydrogen (secondary N) is 1. The van der Waals surface area contributed by atoms with Gasteiger partial charge in [-0.15, -0.1) is 0 Å². The maximum Gasteiger partial charge on any atom is 0.334 e. The summed E-state index contributed by atoms with van der Waals surface area (Å²) in [6, 6.07) is 5.38. The third-order valence-corrected chi connectivity index (χ3v) is 2.46. The summed E-state index contributed by atoms with van der Waals surface area (Å²) in [6.45, 7) is 1.78. The van der Waals surface area contributed by atoms with Gasteiger partial charge in [-0.25, -0.2) is 4.79 Å². The first kappa shape index (κ1) is 11.8. The largest absolute Gasteiger partial charge is 0.479 e. The number of aliphatic hydroxyl groups is 1. The molecule has 0 fully saturated rings. The van der Waals surface area contributed by atoms with Crippen LogP contribution < -0.4 is 5.32 Å². The summed E-state index contributed by atoms with van der Waals surface area (Å²) in [7, 11) is 0. The fourth-order valence-electron chi connectivity index (χ4n) is 1.08. The van der Waals surface area contributed by atoms with Gasteiger partial charge >= 0.3 is 5.97 Å². The van der Waals surface area contributed by atoms with Crippen LogP contribution in [0, 0.1) is 6.92 Å². The molecule has 0 radical (unpaired) electrons. The number of carboxylic acids is 1. The molecule has 1 rings (SSSR count). The first-order valence-electron chi connectivity index (χ1n) is 4.42. The predicted octanol–water partition coefficient (Wildman–Crippen LogP) is 1.51. The Hall–Kier alpha value is -1.26. The van der Waals surface area contributed by atoms with Crippen LogP contribution in [0.5, 0.6) is 0 Å². The highest BCUT2D eigenvalue weighted by Gasteiger charge is 2.13. The van der Waals surface area contributed by atoms with Gasteiger partial charge in [0.05, 0.1) is 17.3 Å². The number of rotatable bonds is 4. The maximum atomic E-state index is 10.3. The van der Waals surface area contributed by atoms with Crippen LogP contribution in [-0.4, -0.2) is 28.8 Å². The molecule has 0 aromatic heterocycles. The SMILES string of the molecule is Cc1cccc(NCC(O)C(=O)O)c1Cl. The number of halogens is 1. The normalized spacial score (nSPS) is 12.2. The highest BCUT2D eigenvalue weighted by atomic mass is 35.5. The molecule has 4 nitrogen and oxygen atoms in total. The van der Waals surface area contributed by atoms with Gasteiger partial charge in [-0.2, -0.15) is 0 Å². The van der Waals surface area contributed by atoms with E-state index in [1.165, 1.54) is 0 Å². The molecule has 1 unspecified atom stereocenters. The Morgan fingerprint density at radius 3 is 2.87 bits per heavy atom. The average Bonchev–Trinajstić information content (AvgIpc) is 2.19. The maximum absolute atomic E-state index is 10.3. The number of aliphatic hydroxyl groups excluding tert-OH is 1. The molecule has 3 N–H and O–H groups in total. The molecule has 0 saturated heterocycles. The fraction of sp³-hybridized carbons (Fsp3) is 0.300. The summed E-state index contributed by atoms with van der Waals surface area (Å²) in [5.74, 6) is -1.26. The molecule has 5 heteroatoms. The van der Waals surface area contributed by atoms with Gasteiger partial charge in [-0.1, -0.05) is 23.7 Å². The minimum atomic E-state index is -1.43. The molecule has 0 saturated carbocycles. The molecule has 0 aliphatic rings. The number of aliphatic carboxylic acids is 1. The van der Waals surface area contributed by atoms with Gasteiger partial charge in [0.2, 0.25) is 0 Å². The predicted molar refractivity (Wildman–Crippen MR) is 58.3 cm³/mol. The van der Waals surface area contributed by atoms with E-state index in [1.807, 2.05) is 13.0 Å². The summed E-state index contributed by atoms with van der Waals surface area (Å²) < 4.78 is 0. The molecule has 0 bridgehead atoms. The first-order chi connectivity index (χ1) is 7.02. The van der Waals surface area contributed by atoms with Gasteiger partial charge in [0, 0.05) is 0 Å². The first-order valence-corrected chi connectivity index (χ1v) is 4.80. The smallest absolute Gasteiger partial charge is 0.334 e. The van der Waals surface area contributed by atoms with Crippen LogP contribution >= 0.6 is 11.6 Å². The van der Waals surface area contributed by atoms with Crippen LogP contribution in [0.1, 0.15) is 5.56 Å². The van der Waals surface area contributed by atoms with E-state index >= 15 is 0 Å².